The first-order valence-corrected chi connectivity index (χ1v) is 10.2. The molecule has 0 spiro atoms. The SMILES string of the molecule is COc1cccc(-c2cc(C(=O)N3C[C@H](C)O[C@@H](C)C3)n(-c3cccc(C)c3)n2)c1. The molecular weight excluding hydrogens is 378 g/mol. The second-order valence-electron chi connectivity index (χ2n) is 7.87. The Labute approximate surface area is 177 Å². The Kier molecular flexibility index (Phi) is 5.59. The molecular formula is C24H27N3O3. The fourth-order valence-electron chi connectivity index (χ4n) is 3.92. The van der Waals surface area contributed by atoms with Crippen LogP contribution in [0.1, 0.15) is 29.9 Å². The second kappa shape index (κ2) is 8.32. The van der Waals surface area contributed by atoms with Gasteiger partial charge in [0.15, 0.2) is 0 Å². The fourth-order valence-corrected chi connectivity index (χ4v) is 3.92. The van der Waals surface area contributed by atoms with Gasteiger partial charge in [0.05, 0.1) is 30.7 Å². The summed E-state index contributed by atoms with van der Waals surface area (Å²) in [6, 6.07) is 17.6. The van der Waals surface area contributed by atoms with Crippen molar-refractivity contribution in [3.05, 3.63) is 65.9 Å². The number of methoxy groups -OCH3 is 1. The van der Waals surface area contributed by atoms with Crippen molar-refractivity contribution in [2.24, 2.45) is 0 Å². The summed E-state index contributed by atoms with van der Waals surface area (Å²) in [6.07, 6.45) is 0.0109. The van der Waals surface area contributed by atoms with Gasteiger partial charge in [0.25, 0.3) is 5.91 Å². The van der Waals surface area contributed by atoms with Gasteiger partial charge in [0, 0.05) is 18.7 Å². The van der Waals surface area contributed by atoms with Gasteiger partial charge in [-0.1, -0.05) is 24.3 Å². The van der Waals surface area contributed by atoms with E-state index in [2.05, 4.69) is 0 Å². The third-order valence-electron chi connectivity index (χ3n) is 5.25. The van der Waals surface area contributed by atoms with E-state index in [0.29, 0.717) is 18.8 Å². The summed E-state index contributed by atoms with van der Waals surface area (Å²) in [7, 11) is 1.64. The highest BCUT2D eigenvalue weighted by molar-refractivity contribution is 5.94. The number of benzene rings is 2. The maximum absolute atomic E-state index is 13.5. The molecule has 6 nitrogen and oxygen atoms in total. The molecule has 1 amide bonds. The van der Waals surface area contributed by atoms with Crippen LogP contribution >= 0.6 is 0 Å². The standard InChI is InChI=1S/C24H27N3O3/c1-16-7-5-9-20(11-16)27-23(24(28)26-14-17(2)30-18(3)15-26)13-22(25-27)19-8-6-10-21(12-19)29-4/h5-13,17-18H,14-15H2,1-4H3/t17-,18-/m0/s1. The highest BCUT2D eigenvalue weighted by Crippen LogP contribution is 2.26. The van der Waals surface area contributed by atoms with Crippen LogP contribution < -0.4 is 4.74 Å². The van der Waals surface area contributed by atoms with Gasteiger partial charge in [-0.25, -0.2) is 4.68 Å². The molecule has 156 valence electrons. The van der Waals surface area contributed by atoms with Gasteiger partial charge in [0.2, 0.25) is 0 Å². The highest BCUT2D eigenvalue weighted by Gasteiger charge is 2.29. The summed E-state index contributed by atoms with van der Waals surface area (Å²) >= 11 is 0. The van der Waals surface area contributed by atoms with Crippen molar-refractivity contribution >= 4 is 5.91 Å². The molecule has 3 aromatic rings. The van der Waals surface area contributed by atoms with Gasteiger partial charge < -0.3 is 14.4 Å². The first-order valence-electron chi connectivity index (χ1n) is 10.2. The van der Waals surface area contributed by atoms with Gasteiger partial charge in [0.1, 0.15) is 11.4 Å². The minimum Gasteiger partial charge on any atom is -0.497 e. The molecule has 1 fully saturated rings. The molecule has 0 unspecified atom stereocenters. The third kappa shape index (κ3) is 4.09. The zero-order valence-corrected chi connectivity index (χ0v) is 17.8. The van der Waals surface area contributed by atoms with Gasteiger partial charge in [-0.2, -0.15) is 5.10 Å². The number of ether oxygens (including phenoxy) is 2. The van der Waals surface area contributed by atoms with Crippen LogP contribution in [-0.2, 0) is 4.74 Å². The Morgan fingerprint density at radius 2 is 1.80 bits per heavy atom. The zero-order chi connectivity index (χ0) is 21.3. The third-order valence-corrected chi connectivity index (χ3v) is 5.25. The molecule has 4 rings (SSSR count). The summed E-state index contributed by atoms with van der Waals surface area (Å²) < 4.78 is 12.9. The minimum atomic E-state index is -0.0415. The number of nitrogens with zero attached hydrogens (tertiary/aromatic N) is 3. The summed E-state index contributed by atoms with van der Waals surface area (Å²) in [5.74, 6) is 0.710. The van der Waals surface area contributed by atoms with Crippen molar-refractivity contribution in [3.63, 3.8) is 0 Å². The molecule has 2 heterocycles. The summed E-state index contributed by atoms with van der Waals surface area (Å²) in [5.41, 5.74) is 4.14. The molecule has 1 aliphatic heterocycles. The lowest BCUT2D eigenvalue weighted by atomic mass is 10.1. The van der Waals surface area contributed by atoms with Gasteiger partial charge >= 0.3 is 0 Å². The lowest BCUT2D eigenvalue weighted by Gasteiger charge is -2.35. The molecule has 2 aromatic carbocycles. The first-order chi connectivity index (χ1) is 14.4. The van der Waals surface area contributed by atoms with Crippen molar-refractivity contribution in [1.29, 1.82) is 0 Å². The quantitative estimate of drug-likeness (QED) is 0.656. The largest absolute Gasteiger partial charge is 0.497 e. The molecule has 6 heteroatoms. The fraction of sp³-hybridized carbons (Fsp3) is 0.333. The van der Waals surface area contributed by atoms with E-state index < -0.39 is 0 Å². The molecule has 0 bridgehead atoms. The average molecular weight is 405 g/mol. The van der Waals surface area contributed by atoms with Crippen molar-refractivity contribution < 1.29 is 14.3 Å². The van der Waals surface area contributed by atoms with Crippen LogP contribution in [0.25, 0.3) is 16.9 Å². The average Bonchev–Trinajstić information content (AvgIpc) is 3.18. The summed E-state index contributed by atoms with van der Waals surface area (Å²) in [6.45, 7) is 7.15. The molecule has 1 saturated heterocycles. The van der Waals surface area contributed by atoms with Gasteiger partial charge in [-0.15, -0.1) is 0 Å². The van der Waals surface area contributed by atoms with Crippen molar-refractivity contribution in [2.45, 2.75) is 33.0 Å². The second-order valence-corrected chi connectivity index (χ2v) is 7.87. The number of morpholine rings is 1. The van der Waals surface area contributed by atoms with E-state index in [1.54, 1.807) is 11.8 Å². The smallest absolute Gasteiger partial charge is 0.272 e. The van der Waals surface area contributed by atoms with Crippen molar-refractivity contribution in [3.8, 4) is 22.7 Å². The molecule has 1 aromatic heterocycles. The topological polar surface area (TPSA) is 56.6 Å². The molecule has 2 atom stereocenters. The number of amides is 1. The number of aromatic nitrogens is 2. The maximum atomic E-state index is 13.5. The number of carbonyl (C=O) groups is 1. The molecule has 0 saturated carbocycles. The lowest BCUT2D eigenvalue weighted by molar-refractivity contribution is -0.0588. The predicted molar refractivity (Wildman–Crippen MR) is 116 cm³/mol. The molecule has 0 N–H and O–H groups in total. The Morgan fingerprint density at radius 3 is 2.50 bits per heavy atom. The van der Waals surface area contributed by atoms with Crippen LogP contribution in [0.2, 0.25) is 0 Å². The number of carbonyl (C=O) groups excluding carboxylic acids is 1. The van der Waals surface area contributed by atoms with Crippen LogP contribution in [0.3, 0.4) is 0 Å². The predicted octanol–water partition coefficient (Wildman–Crippen LogP) is 4.11. The minimum absolute atomic E-state index is 0.00546. The maximum Gasteiger partial charge on any atom is 0.272 e. The van der Waals surface area contributed by atoms with E-state index in [9.17, 15) is 4.79 Å². The van der Waals surface area contributed by atoms with Crippen LogP contribution in [0.4, 0.5) is 0 Å². The Hall–Kier alpha value is -3.12. The van der Waals surface area contributed by atoms with Crippen LogP contribution in [0.15, 0.2) is 54.6 Å². The molecule has 1 aliphatic rings. The van der Waals surface area contributed by atoms with Crippen molar-refractivity contribution in [1.82, 2.24) is 14.7 Å². The highest BCUT2D eigenvalue weighted by atomic mass is 16.5. The van der Waals surface area contributed by atoms with E-state index in [1.165, 1.54) is 0 Å². The van der Waals surface area contributed by atoms with Crippen LogP contribution in [0.5, 0.6) is 5.75 Å². The van der Waals surface area contributed by atoms with E-state index in [-0.39, 0.29) is 18.1 Å². The zero-order valence-electron chi connectivity index (χ0n) is 17.8. The monoisotopic (exact) mass is 405 g/mol. The number of hydrogen-bond acceptors (Lipinski definition) is 4. The summed E-state index contributed by atoms with van der Waals surface area (Å²) in [5, 5.41) is 4.80. The van der Waals surface area contributed by atoms with Crippen molar-refractivity contribution in [2.75, 3.05) is 20.2 Å². The Bertz CT molecular complexity index is 1050. The molecule has 30 heavy (non-hydrogen) atoms. The molecule has 0 radical (unpaired) electrons. The number of rotatable bonds is 4. The molecule has 0 aliphatic carbocycles. The van der Waals surface area contributed by atoms with E-state index >= 15 is 0 Å². The van der Waals surface area contributed by atoms with Gasteiger partial charge in [-0.05, 0) is 56.7 Å². The first kappa shape index (κ1) is 20.2. The summed E-state index contributed by atoms with van der Waals surface area (Å²) in [4.78, 5) is 15.4. The van der Waals surface area contributed by atoms with E-state index in [4.69, 9.17) is 14.6 Å². The van der Waals surface area contributed by atoms with E-state index in [0.717, 1.165) is 28.3 Å². The Balaban J connectivity index is 1.79. The van der Waals surface area contributed by atoms with Crippen LogP contribution in [0, 0.1) is 6.92 Å². The van der Waals surface area contributed by atoms with E-state index in [1.807, 2.05) is 80.3 Å². The van der Waals surface area contributed by atoms with Gasteiger partial charge in [-0.3, -0.25) is 4.79 Å². The Morgan fingerprint density at radius 1 is 1.07 bits per heavy atom. The van der Waals surface area contributed by atoms with Crippen LogP contribution in [-0.4, -0.2) is 53.0 Å². The lowest BCUT2D eigenvalue weighted by Crippen LogP contribution is -2.48. The normalized spacial score (nSPS) is 19.0. The number of hydrogen-bond donors (Lipinski definition) is 0. The number of aryl methyl sites for hydroxylation is 1.